The zero-order chi connectivity index (χ0) is 14.2. The van der Waals surface area contributed by atoms with Crippen molar-refractivity contribution in [3.63, 3.8) is 0 Å². The fourth-order valence-electron chi connectivity index (χ4n) is 2.67. The third kappa shape index (κ3) is 4.46. The highest BCUT2D eigenvalue weighted by atomic mass is 16.3. The lowest BCUT2D eigenvalue weighted by Crippen LogP contribution is -2.40. The van der Waals surface area contributed by atoms with Crippen molar-refractivity contribution in [1.29, 1.82) is 0 Å². The van der Waals surface area contributed by atoms with E-state index in [1.165, 1.54) is 12.5 Å². The minimum atomic E-state index is -0.0980. The molecule has 1 heterocycles. The number of carbonyl (C=O) groups is 1. The SMILES string of the molecule is O=C(/C=C/c1cccnc1)NC1CCCCCC1CO. The highest BCUT2D eigenvalue weighted by Gasteiger charge is 2.23. The molecule has 1 amide bonds. The predicted octanol–water partition coefficient (Wildman–Crippen LogP) is 2.15. The first-order valence-electron chi connectivity index (χ1n) is 7.29. The standard InChI is InChI=1S/C16H22N2O2/c19-12-14-6-2-1-3-7-15(14)18-16(20)9-8-13-5-4-10-17-11-13/h4-5,8-11,14-15,19H,1-3,6-7,12H2,(H,18,20)/b9-8+. The summed E-state index contributed by atoms with van der Waals surface area (Å²) >= 11 is 0. The maximum absolute atomic E-state index is 12.0. The molecule has 1 saturated carbocycles. The number of aliphatic hydroxyl groups is 1. The summed E-state index contributed by atoms with van der Waals surface area (Å²) in [5.41, 5.74) is 0.905. The lowest BCUT2D eigenvalue weighted by atomic mass is 9.95. The fraction of sp³-hybridized carbons (Fsp3) is 0.500. The molecule has 1 aliphatic carbocycles. The molecule has 0 bridgehead atoms. The van der Waals surface area contributed by atoms with Crippen LogP contribution < -0.4 is 5.32 Å². The number of amides is 1. The third-order valence-corrected chi connectivity index (χ3v) is 3.83. The van der Waals surface area contributed by atoms with Crippen LogP contribution in [0.5, 0.6) is 0 Å². The van der Waals surface area contributed by atoms with Gasteiger partial charge in [0.15, 0.2) is 0 Å². The number of hydrogen-bond donors (Lipinski definition) is 2. The van der Waals surface area contributed by atoms with Gasteiger partial charge in [-0.2, -0.15) is 0 Å². The summed E-state index contributed by atoms with van der Waals surface area (Å²) in [6.07, 6.45) is 12.1. The van der Waals surface area contributed by atoms with Crippen molar-refractivity contribution in [2.45, 2.75) is 38.1 Å². The van der Waals surface area contributed by atoms with Gasteiger partial charge in [-0.05, 0) is 30.5 Å². The van der Waals surface area contributed by atoms with Gasteiger partial charge >= 0.3 is 0 Å². The van der Waals surface area contributed by atoms with Crippen LogP contribution in [0.1, 0.15) is 37.7 Å². The highest BCUT2D eigenvalue weighted by Crippen LogP contribution is 2.23. The van der Waals surface area contributed by atoms with Gasteiger partial charge in [0, 0.05) is 37.0 Å². The van der Waals surface area contributed by atoms with Crippen LogP contribution in [-0.2, 0) is 4.79 Å². The van der Waals surface area contributed by atoms with Crippen LogP contribution in [0.4, 0.5) is 0 Å². The van der Waals surface area contributed by atoms with Gasteiger partial charge in [-0.3, -0.25) is 9.78 Å². The minimum absolute atomic E-state index is 0.0912. The van der Waals surface area contributed by atoms with E-state index in [2.05, 4.69) is 10.3 Å². The Bertz CT molecular complexity index is 445. The van der Waals surface area contributed by atoms with Gasteiger partial charge in [-0.25, -0.2) is 0 Å². The van der Waals surface area contributed by atoms with Crippen molar-refractivity contribution in [3.05, 3.63) is 36.2 Å². The summed E-state index contributed by atoms with van der Waals surface area (Å²) in [6, 6.07) is 3.83. The van der Waals surface area contributed by atoms with Gasteiger partial charge in [-0.1, -0.05) is 25.3 Å². The molecule has 1 aromatic rings. The molecule has 108 valence electrons. The summed E-state index contributed by atoms with van der Waals surface area (Å²) in [5, 5.41) is 12.5. The van der Waals surface area contributed by atoms with E-state index in [0.29, 0.717) is 0 Å². The van der Waals surface area contributed by atoms with E-state index < -0.39 is 0 Å². The minimum Gasteiger partial charge on any atom is -0.396 e. The van der Waals surface area contributed by atoms with Crippen LogP contribution in [0.2, 0.25) is 0 Å². The van der Waals surface area contributed by atoms with Gasteiger partial charge in [0.25, 0.3) is 0 Å². The molecule has 2 N–H and O–H groups in total. The van der Waals surface area contributed by atoms with Crippen LogP contribution in [0.3, 0.4) is 0 Å². The van der Waals surface area contributed by atoms with E-state index in [1.54, 1.807) is 18.5 Å². The summed E-state index contributed by atoms with van der Waals surface area (Å²) in [6.45, 7) is 0.150. The van der Waals surface area contributed by atoms with Crippen LogP contribution in [0.15, 0.2) is 30.6 Å². The Labute approximate surface area is 119 Å². The number of aromatic nitrogens is 1. The van der Waals surface area contributed by atoms with Crippen molar-refractivity contribution in [1.82, 2.24) is 10.3 Å². The van der Waals surface area contributed by atoms with Crippen LogP contribution in [-0.4, -0.2) is 28.6 Å². The second-order valence-electron chi connectivity index (χ2n) is 5.32. The van der Waals surface area contributed by atoms with Gasteiger partial charge in [-0.15, -0.1) is 0 Å². The van der Waals surface area contributed by atoms with Crippen LogP contribution in [0.25, 0.3) is 6.08 Å². The number of nitrogens with zero attached hydrogens (tertiary/aromatic N) is 1. The number of aliphatic hydroxyl groups excluding tert-OH is 1. The molecule has 20 heavy (non-hydrogen) atoms. The number of nitrogens with one attached hydrogen (secondary N) is 1. The topological polar surface area (TPSA) is 62.2 Å². The van der Waals surface area contributed by atoms with Crippen LogP contribution in [0, 0.1) is 5.92 Å². The highest BCUT2D eigenvalue weighted by molar-refractivity contribution is 5.91. The number of rotatable bonds is 4. The Kier molecular flexibility index (Phi) is 5.74. The zero-order valence-electron chi connectivity index (χ0n) is 11.7. The lowest BCUT2D eigenvalue weighted by molar-refractivity contribution is -0.117. The maximum Gasteiger partial charge on any atom is 0.244 e. The molecule has 0 aliphatic heterocycles. The normalized spacial score (nSPS) is 23.4. The molecular formula is C16H22N2O2. The van der Waals surface area contributed by atoms with Crippen molar-refractivity contribution >= 4 is 12.0 Å². The van der Waals surface area contributed by atoms with E-state index >= 15 is 0 Å². The van der Waals surface area contributed by atoms with Crippen molar-refractivity contribution in [3.8, 4) is 0 Å². The van der Waals surface area contributed by atoms with Gasteiger partial charge in [0.2, 0.25) is 5.91 Å². The van der Waals surface area contributed by atoms with E-state index in [0.717, 1.165) is 31.2 Å². The molecule has 2 unspecified atom stereocenters. The molecule has 0 aromatic carbocycles. The third-order valence-electron chi connectivity index (χ3n) is 3.83. The first-order valence-corrected chi connectivity index (χ1v) is 7.29. The predicted molar refractivity (Wildman–Crippen MR) is 78.9 cm³/mol. The van der Waals surface area contributed by atoms with E-state index in [1.807, 2.05) is 12.1 Å². The molecule has 2 atom stereocenters. The van der Waals surface area contributed by atoms with Gasteiger partial charge < -0.3 is 10.4 Å². The fourth-order valence-corrected chi connectivity index (χ4v) is 2.67. The van der Waals surface area contributed by atoms with E-state index in [9.17, 15) is 9.90 Å². The van der Waals surface area contributed by atoms with Crippen LogP contribution >= 0.6 is 0 Å². The molecule has 2 rings (SSSR count). The summed E-state index contributed by atoms with van der Waals surface area (Å²) in [5.74, 6) is 0.0902. The summed E-state index contributed by atoms with van der Waals surface area (Å²) in [4.78, 5) is 16.0. The molecule has 0 radical (unpaired) electrons. The monoisotopic (exact) mass is 274 g/mol. The molecule has 1 fully saturated rings. The number of carbonyl (C=O) groups excluding carboxylic acids is 1. The molecular weight excluding hydrogens is 252 g/mol. The summed E-state index contributed by atoms with van der Waals surface area (Å²) in [7, 11) is 0. The van der Waals surface area contributed by atoms with Gasteiger partial charge in [0.1, 0.15) is 0 Å². The smallest absolute Gasteiger partial charge is 0.244 e. The Hall–Kier alpha value is -1.68. The Morgan fingerprint density at radius 2 is 2.25 bits per heavy atom. The van der Waals surface area contributed by atoms with E-state index in [4.69, 9.17) is 0 Å². The summed E-state index contributed by atoms with van der Waals surface area (Å²) < 4.78 is 0. The Morgan fingerprint density at radius 3 is 3.00 bits per heavy atom. The van der Waals surface area contributed by atoms with E-state index in [-0.39, 0.29) is 24.5 Å². The lowest BCUT2D eigenvalue weighted by Gasteiger charge is -2.23. The quantitative estimate of drug-likeness (QED) is 0.653. The van der Waals surface area contributed by atoms with Crippen molar-refractivity contribution in [2.75, 3.05) is 6.61 Å². The molecule has 1 aromatic heterocycles. The molecule has 1 aliphatic rings. The average Bonchev–Trinajstić information content (AvgIpc) is 2.71. The number of hydrogen-bond acceptors (Lipinski definition) is 3. The van der Waals surface area contributed by atoms with Crippen molar-refractivity contribution < 1.29 is 9.90 Å². The van der Waals surface area contributed by atoms with Gasteiger partial charge in [0.05, 0.1) is 0 Å². The Balaban J connectivity index is 1.91. The second-order valence-corrected chi connectivity index (χ2v) is 5.32. The first-order chi connectivity index (χ1) is 9.79. The first kappa shape index (κ1) is 14.7. The second kappa shape index (κ2) is 7.80. The number of pyridine rings is 1. The zero-order valence-corrected chi connectivity index (χ0v) is 11.7. The molecule has 0 spiro atoms. The Morgan fingerprint density at radius 1 is 1.40 bits per heavy atom. The molecule has 0 saturated heterocycles. The maximum atomic E-state index is 12.0. The molecule has 4 nitrogen and oxygen atoms in total. The van der Waals surface area contributed by atoms with Crippen molar-refractivity contribution in [2.24, 2.45) is 5.92 Å². The average molecular weight is 274 g/mol. The largest absolute Gasteiger partial charge is 0.396 e. The molecule has 4 heteroatoms.